The number of thioether (sulfide) groups is 1. The van der Waals surface area contributed by atoms with E-state index in [1.54, 1.807) is 0 Å². The zero-order valence-corrected chi connectivity index (χ0v) is 20.7. The molecule has 0 spiro atoms. The van der Waals surface area contributed by atoms with Crippen molar-refractivity contribution in [3.63, 3.8) is 0 Å². The average Bonchev–Trinajstić information content (AvgIpc) is 3.30. The van der Waals surface area contributed by atoms with Crippen molar-refractivity contribution >= 4 is 23.4 Å². The summed E-state index contributed by atoms with van der Waals surface area (Å²) in [6, 6.07) is 23.4. The number of hydrogen-bond donors (Lipinski definition) is 2. The molecule has 1 amide bonds. The topological polar surface area (TPSA) is 81.1 Å². The predicted molar refractivity (Wildman–Crippen MR) is 139 cm³/mol. The normalized spacial score (nSPS) is 16.8. The van der Waals surface area contributed by atoms with Gasteiger partial charge in [0.25, 0.3) is 0 Å². The number of nitrogens with one attached hydrogen (secondary N) is 2. The van der Waals surface area contributed by atoms with Crippen molar-refractivity contribution in [3.8, 4) is 17.1 Å². The van der Waals surface area contributed by atoms with Crippen LogP contribution in [0.25, 0.3) is 11.4 Å². The summed E-state index contributed by atoms with van der Waals surface area (Å²) in [6.07, 6.45) is 0. The first-order valence-corrected chi connectivity index (χ1v) is 12.5. The first-order chi connectivity index (χ1) is 17.0. The minimum absolute atomic E-state index is 0.0920. The van der Waals surface area contributed by atoms with Crippen molar-refractivity contribution in [2.75, 3.05) is 17.3 Å². The van der Waals surface area contributed by atoms with Gasteiger partial charge < -0.3 is 15.5 Å². The molecule has 35 heavy (non-hydrogen) atoms. The Hall–Kier alpha value is -3.78. The number of aromatic nitrogens is 3. The van der Waals surface area contributed by atoms with E-state index in [0.717, 1.165) is 33.7 Å². The molecular weight excluding hydrogens is 458 g/mol. The fraction of sp³-hybridized carbons (Fsp3) is 0.222. The molecule has 1 aliphatic rings. The van der Waals surface area contributed by atoms with Gasteiger partial charge in [0, 0.05) is 11.3 Å². The standard InChI is InChI=1S/C27H27N5O2S/c1-4-34-21-15-13-19(14-16-21)23-24(26(33)28-22-12-8-9-17(2)18(22)3)35-27-30-29-25(32(27)31-23)20-10-6-5-7-11-20/h5-16,23-24,31H,4H2,1-3H3,(H,28,33). The molecule has 0 saturated carbocycles. The lowest BCUT2D eigenvalue weighted by molar-refractivity contribution is -0.116. The van der Waals surface area contributed by atoms with Crippen LogP contribution in [0.3, 0.4) is 0 Å². The molecule has 0 bridgehead atoms. The summed E-state index contributed by atoms with van der Waals surface area (Å²) in [4.78, 5) is 13.6. The molecule has 1 aliphatic heterocycles. The summed E-state index contributed by atoms with van der Waals surface area (Å²) in [5.74, 6) is 1.41. The molecule has 1 aromatic heterocycles. The number of hydrogen-bond acceptors (Lipinski definition) is 6. The Morgan fingerprint density at radius 2 is 1.80 bits per heavy atom. The number of anilines is 1. The summed E-state index contributed by atoms with van der Waals surface area (Å²) in [5, 5.41) is 12.1. The average molecular weight is 486 g/mol. The van der Waals surface area contributed by atoms with E-state index in [1.807, 2.05) is 98.2 Å². The lowest BCUT2D eigenvalue weighted by Crippen LogP contribution is -2.41. The molecule has 0 fully saturated rings. The van der Waals surface area contributed by atoms with E-state index in [4.69, 9.17) is 4.74 Å². The maximum absolute atomic E-state index is 13.6. The van der Waals surface area contributed by atoms with Crippen molar-refractivity contribution < 1.29 is 9.53 Å². The Balaban J connectivity index is 1.51. The van der Waals surface area contributed by atoms with Crippen molar-refractivity contribution in [1.82, 2.24) is 14.9 Å². The third kappa shape index (κ3) is 4.61. The molecule has 2 atom stereocenters. The number of rotatable bonds is 6. The number of benzene rings is 3. The van der Waals surface area contributed by atoms with E-state index in [0.29, 0.717) is 17.6 Å². The molecular formula is C27H27N5O2S. The predicted octanol–water partition coefficient (Wildman–Crippen LogP) is 5.36. The first-order valence-electron chi connectivity index (χ1n) is 11.6. The molecule has 2 unspecified atom stereocenters. The van der Waals surface area contributed by atoms with Crippen molar-refractivity contribution in [1.29, 1.82) is 0 Å². The summed E-state index contributed by atoms with van der Waals surface area (Å²) >= 11 is 1.41. The van der Waals surface area contributed by atoms with Crippen LogP contribution in [-0.2, 0) is 4.79 Å². The van der Waals surface area contributed by atoms with Crippen LogP contribution in [0.1, 0.15) is 29.7 Å². The van der Waals surface area contributed by atoms with Gasteiger partial charge in [-0.3, -0.25) is 4.79 Å². The van der Waals surface area contributed by atoms with Crippen LogP contribution in [0.4, 0.5) is 5.69 Å². The van der Waals surface area contributed by atoms with Crippen LogP contribution in [-0.4, -0.2) is 32.6 Å². The monoisotopic (exact) mass is 485 g/mol. The lowest BCUT2D eigenvalue weighted by Gasteiger charge is -2.33. The number of carbonyl (C=O) groups excluding carboxylic acids is 1. The molecule has 3 aromatic carbocycles. The van der Waals surface area contributed by atoms with Gasteiger partial charge in [-0.05, 0) is 55.7 Å². The SMILES string of the molecule is CCOc1ccc(C2Nn3c(nnc3-c3ccccc3)SC2C(=O)Nc2cccc(C)c2C)cc1. The molecule has 0 saturated heterocycles. The van der Waals surface area contributed by atoms with E-state index in [-0.39, 0.29) is 11.9 Å². The highest BCUT2D eigenvalue weighted by Crippen LogP contribution is 2.39. The first kappa shape index (κ1) is 23.0. The molecule has 4 aromatic rings. The van der Waals surface area contributed by atoms with Gasteiger partial charge in [-0.2, -0.15) is 0 Å². The smallest absolute Gasteiger partial charge is 0.240 e. The maximum atomic E-state index is 13.6. The van der Waals surface area contributed by atoms with E-state index >= 15 is 0 Å². The Kier molecular flexibility index (Phi) is 6.46. The summed E-state index contributed by atoms with van der Waals surface area (Å²) in [6.45, 7) is 6.62. The van der Waals surface area contributed by atoms with E-state index in [9.17, 15) is 4.79 Å². The zero-order chi connectivity index (χ0) is 24.4. The third-order valence-electron chi connectivity index (χ3n) is 6.14. The molecule has 2 heterocycles. The van der Waals surface area contributed by atoms with Gasteiger partial charge in [-0.15, -0.1) is 10.2 Å². The largest absolute Gasteiger partial charge is 0.494 e. The van der Waals surface area contributed by atoms with Gasteiger partial charge in [0.2, 0.25) is 11.1 Å². The van der Waals surface area contributed by atoms with Gasteiger partial charge in [0.05, 0.1) is 12.6 Å². The molecule has 7 nitrogen and oxygen atoms in total. The Morgan fingerprint density at radius 1 is 1.03 bits per heavy atom. The Bertz CT molecular complexity index is 1340. The molecule has 2 N–H and O–H groups in total. The second-order valence-electron chi connectivity index (χ2n) is 8.39. The Labute approximate surface area is 208 Å². The van der Waals surface area contributed by atoms with Gasteiger partial charge in [0.15, 0.2) is 5.82 Å². The number of aryl methyl sites for hydroxylation is 1. The second-order valence-corrected chi connectivity index (χ2v) is 9.50. The van der Waals surface area contributed by atoms with Crippen LogP contribution < -0.4 is 15.5 Å². The summed E-state index contributed by atoms with van der Waals surface area (Å²) < 4.78 is 7.49. The third-order valence-corrected chi connectivity index (χ3v) is 7.36. The van der Waals surface area contributed by atoms with Crippen LogP contribution in [0.2, 0.25) is 0 Å². The van der Waals surface area contributed by atoms with E-state index < -0.39 is 5.25 Å². The molecule has 5 rings (SSSR count). The van der Waals surface area contributed by atoms with Crippen molar-refractivity contribution in [2.24, 2.45) is 0 Å². The second kappa shape index (κ2) is 9.84. The highest BCUT2D eigenvalue weighted by molar-refractivity contribution is 8.00. The number of fused-ring (bicyclic) bond motifs is 1. The molecule has 8 heteroatoms. The Morgan fingerprint density at radius 3 is 2.54 bits per heavy atom. The van der Waals surface area contributed by atoms with Crippen molar-refractivity contribution in [2.45, 2.75) is 37.2 Å². The molecule has 178 valence electrons. The van der Waals surface area contributed by atoms with E-state index in [1.165, 1.54) is 11.8 Å². The minimum atomic E-state index is -0.465. The van der Waals surface area contributed by atoms with Gasteiger partial charge >= 0.3 is 0 Å². The summed E-state index contributed by atoms with van der Waals surface area (Å²) in [7, 11) is 0. The van der Waals surface area contributed by atoms with Crippen LogP contribution in [0, 0.1) is 13.8 Å². The van der Waals surface area contributed by atoms with E-state index in [2.05, 4.69) is 20.9 Å². The zero-order valence-electron chi connectivity index (χ0n) is 19.9. The van der Waals surface area contributed by atoms with Gasteiger partial charge in [-0.1, -0.05) is 66.4 Å². The maximum Gasteiger partial charge on any atom is 0.240 e. The minimum Gasteiger partial charge on any atom is -0.494 e. The number of carbonyl (C=O) groups is 1. The quantitative estimate of drug-likeness (QED) is 0.383. The fourth-order valence-electron chi connectivity index (χ4n) is 4.11. The summed E-state index contributed by atoms with van der Waals surface area (Å²) in [5.41, 5.74) is 8.45. The van der Waals surface area contributed by atoms with Crippen molar-refractivity contribution in [3.05, 3.63) is 89.5 Å². The number of ether oxygens (including phenoxy) is 1. The van der Waals surface area contributed by atoms with Crippen LogP contribution in [0.15, 0.2) is 78.0 Å². The highest BCUT2D eigenvalue weighted by atomic mass is 32.2. The molecule has 0 radical (unpaired) electrons. The van der Waals surface area contributed by atoms with Crippen LogP contribution >= 0.6 is 11.8 Å². The lowest BCUT2D eigenvalue weighted by atomic mass is 10.0. The van der Waals surface area contributed by atoms with Gasteiger partial charge in [0.1, 0.15) is 11.0 Å². The highest BCUT2D eigenvalue weighted by Gasteiger charge is 2.38. The molecule has 0 aliphatic carbocycles. The number of nitrogens with zero attached hydrogens (tertiary/aromatic N) is 3. The fourth-order valence-corrected chi connectivity index (χ4v) is 5.19. The van der Waals surface area contributed by atoms with Crippen LogP contribution in [0.5, 0.6) is 5.75 Å². The van der Waals surface area contributed by atoms with Gasteiger partial charge in [-0.25, -0.2) is 4.68 Å². The number of amides is 1.